The van der Waals surface area contributed by atoms with Crippen LogP contribution < -0.4 is 32.6 Å². The number of nitrogen functional groups attached to an aromatic ring is 1. The molecule has 0 aliphatic carbocycles. The van der Waals surface area contributed by atoms with Gasteiger partial charge in [0.2, 0.25) is 19.6 Å². The van der Waals surface area contributed by atoms with Crippen LogP contribution in [0.1, 0.15) is 259 Å². The summed E-state index contributed by atoms with van der Waals surface area (Å²) in [4.78, 5) is 114. The Balaban J connectivity index is 0.000000461. The summed E-state index contributed by atoms with van der Waals surface area (Å²) in [6.45, 7) is 51.3. The lowest BCUT2D eigenvalue weighted by Crippen LogP contribution is -2.45. The summed E-state index contributed by atoms with van der Waals surface area (Å²) in [7, 11) is -20.6. The molecule has 3 aliphatic rings. The third kappa shape index (κ3) is 50.2. The van der Waals surface area contributed by atoms with Crippen molar-refractivity contribution in [2.24, 2.45) is 0 Å². The van der Waals surface area contributed by atoms with Gasteiger partial charge in [-0.1, -0.05) is 80.1 Å². The lowest BCUT2D eigenvalue weighted by molar-refractivity contribution is -0.0496. The lowest BCUT2D eigenvalue weighted by Gasteiger charge is -2.28. The lowest BCUT2D eigenvalue weighted by atomic mass is 10.2. The van der Waals surface area contributed by atoms with Crippen LogP contribution in [0.25, 0.3) is 14.5 Å². The molecular weight excluding hydrogens is 2040 g/mol. The number of rotatable bonds is 62. The fourth-order valence-corrected chi connectivity index (χ4v) is 19.2. The molecule has 0 aromatic carbocycles. The molecule has 0 radical (unpaired) electrons. The topological polar surface area (TPSA) is 589 Å². The van der Waals surface area contributed by atoms with E-state index in [1.165, 1.54) is 45.9 Å². The van der Waals surface area contributed by atoms with Crippen molar-refractivity contribution >= 4 is 90.3 Å². The first-order valence-electron chi connectivity index (χ1n) is 47.9. The van der Waals surface area contributed by atoms with Gasteiger partial charge in [-0.3, -0.25) is 68.0 Å². The van der Waals surface area contributed by atoms with Gasteiger partial charge in [0.25, 0.3) is 0 Å². The number of nitrogens with two attached hydrogens (primary N) is 1. The Morgan fingerprint density at radius 1 is 0.404 bits per heavy atom. The van der Waals surface area contributed by atoms with Crippen LogP contribution in [-0.2, 0) is 133 Å². The van der Waals surface area contributed by atoms with E-state index in [9.17, 15) is 51.8 Å². The highest BCUT2D eigenvalue weighted by Gasteiger charge is 2.49. The predicted molar refractivity (Wildman–Crippen MR) is 528 cm³/mol. The van der Waals surface area contributed by atoms with Gasteiger partial charge in [0, 0.05) is 37.9 Å². The molecule has 6 unspecified atom stereocenters. The number of ether oxygens (including phenoxy) is 7. The summed E-state index contributed by atoms with van der Waals surface area (Å²) < 4.78 is 199. The summed E-state index contributed by atoms with van der Waals surface area (Å²) in [5.74, 6) is -0.680. The minimum Gasteiger partial charge on any atom is -0.443 e. The number of hydrogen-bond donors (Lipinski definition) is 1. The fourth-order valence-electron chi connectivity index (χ4n) is 11.8. The maximum atomic E-state index is 13.8. The number of hydrogen-bond acceptors (Lipinski definition) is 43. The molecule has 0 bridgehead atoms. The van der Waals surface area contributed by atoms with Crippen LogP contribution in [0.2, 0.25) is 0 Å². The second-order valence-electron chi connectivity index (χ2n) is 35.7. The van der Waals surface area contributed by atoms with E-state index in [1.807, 2.05) is 59.8 Å². The Morgan fingerprint density at radius 2 is 0.699 bits per heavy atom. The molecule has 820 valence electrons. The van der Waals surface area contributed by atoms with E-state index in [0.717, 1.165) is 49.5 Å². The monoisotopic (exact) mass is 2180 g/mol. The Kier molecular flexibility index (Phi) is 59.8. The number of imide groups is 2. The van der Waals surface area contributed by atoms with Gasteiger partial charge in [0.05, 0.1) is 123 Å². The van der Waals surface area contributed by atoms with Crippen molar-refractivity contribution in [3.05, 3.63) is 102 Å². The van der Waals surface area contributed by atoms with Gasteiger partial charge in [0.15, 0.2) is 11.6 Å². The first kappa shape index (κ1) is 130. The van der Waals surface area contributed by atoms with Gasteiger partial charge < -0.3 is 80.6 Å². The summed E-state index contributed by atoms with van der Waals surface area (Å²) in [6.07, 6.45) is -1.04. The number of aromatic nitrogens is 6. The summed E-state index contributed by atoms with van der Waals surface area (Å²) >= 11 is 0. The zero-order valence-electron chi connectivity index (χ0n) is 86.3. The molecule has 6 rings (SSSR count). The van der Waals surface area contributed by atoms with Gasteiger partial charge >= 0.3 is 89.9 Å². The van der Waals surface area contributed by atoms with Crippen LogP contribution in [0.15, 0.2) is 51.2 Å². The van der Waals surface area contributed by atoms with Crippen LogP contribution in [-0.4, -0.2) is 231 Å². The Morgan fingerprint density at radius 3 is 1.04 bits per heavy atom. The van der Waals surface area contributed by atoms with Crippen LogP contribution in [0, 0.1) is 53.7 Å². The number of phosphoric acid groups is 4. The predicted octanol–water partition coefficient (Wildman–Crippen LogP) is 19.1. The number of phosphoric ester groups is 4. The third-order valence-electron chi connectivity index (χ3n) is 18.6. The smallest absolute Gasteiger partial charge is 0.443 e. The van der Waals surface area contributed by atoms with E-state index in [1.54, 1.807) is 83.1 Å². The van der Waals surface area contributed by atoms with E-state index in [2.05, 4.69) is 29.5 Å². The molecule has 51 nitrogen and oxygen atoms in total. The second kappa shape index (κ2) is 67.2. The summed E-state index contributed by atoms with van der Waals surface area (Å²) in [6, 6.07) is 9.72. The van der Waals surface area contributed by atoms with Crippen molar-refractivity contribution in [1.29, 1.82) is 15.8 Å². The molecule has 0 spiro atoms. The van der Waals surface area contributed by atoms with E-state index in [4.69, 9.17) is 156 Å². The van der Waals surface area contributed by atoms with Crippen molar-refractivity contribution in [3.8, 4) is 18.2 Å². The molecule has 2 N–H and O–H groups in total. The molecule has 3 aromatic heterocycles. The normalized spacial score (nSPS) is 19.8. The number of nitriles is 3. The number of anilines is 3. The molecule has 3 aliphatic heterocycles. The maximum absolute atomic E-state index is 13.8. The standard InChI is InChI=1S/C33H53N5O14P2.C33H53N5O12P2.C23H37N5O10P2/c1-10-12-19-44-53(42,47-22-17-35-9)48-24-26-25(52-54(43,45-20-13-11-2)46-21-14-16-34)23-28(49-26)37-18-15-27(36-29(37)39)38(30(40)50-32(3,4)5)31(41)51-33(6,7)8;1-10-12-19-42-51(45-22-17-35-9)46-24-26-25(50-52(43-20-13-11-2)44-21-14-16-34)23-28(47-26)37-18-15-27(36-29(37)39)38(30(40)48-32(3,4)5)31(41)49-33(6,7)8;1-4-6-13-32-39(30,35-16-11-26-3)36-18-20-19(17-22(37-20)28-12-9-21(25)27-23(28)29)38-40(31,33-14-7-5-2)34-15-8-10-24/h15,18,25-26,28H,10-14,17,19-24H2,1-8H3;15,18,25-26,28H,10-14,17,19-24H2,1-8H3;9,12,19-20,22H,4-8,11,13-18H2,1-2H3,(H2,25,27,29)/t25-,26+,28+,53?,54?;25-,26+,28+,51?,52?;19-,20+,22+,39?,40?/m000/s1. The first-order chi connectivity index (χ1) is 69.1. The van der Waals surface area contributed by atoms with E-state index in [0.29, 0.717) is 55.1 Å². The van der Waals surface area contributed by atoms with Crippen molar-refractivity contribution in [2.75, 3.05) is 134 Å². The molecule has 4 amide bonds. The largest absolute Gasteiger partial charge is 0.475 e. The zero-order valence-corrected chi connectivity index (χ0v) is 91.7. The Bertz CT molecular complexity index is 5080. The van der Waals surface area contributed by atoms with Gasteiger partial charge in [-0.05, 0) is 140 Å². The number of amides is 4. The minimum atomic E-state index is -4.34. The molecule has 3 aromatic rings. The summed E-state index contributed by atoms with van der Waals surface area (Å²) in [5.41, 5.74) is -0.845. The zero-order chi connectivity index (χ0) is 109. The highest BCUT2D eigenvalue weighted by molar-refractivity contribution is 7.49. The van der Waals surface area contributed by atoms with Gasteiger partial charge in [0.1, 0.15) is 97.2 Å². The van der Waals surface area contributed by atoms with Crippen molar-refractivity contribution in [3.63, 3.8) is 0 Å². The van der Waals surface area contributed by atoms with Crippen molar-refractivity contribution in [1.82, 2.24) is 28.7 Å². The molecule has 3 saturated heterocycles. The van der Waals surface area contributed by atoms with Crippen molar-refractivity contribution < 1.29 is 152 Å². The van der Waals surface area contributed by atoms with Gasteiger partial charge in [-0.15, -0.1) is 0 Å². The Labute approximate surface area is 855 Å². The Hall–Kier alpha value is -8.20. The number of nitrogens with zero attached hydrogens (tertiary/aromatic N) is 14. The SMILES string of the molecule is [C-]#[N+]CCOP(=O)(OCCCC)OC[C@H]1O[C@@H](n2ccc(N(C(=O)OC(C)(C)C)C(=O)OC(C)(C)C)nc2=O)C[C@@H]1OP(=O)(OCCC#N)OCCCC.[C-]#[N+]CCOP(=O)(OCCCC)OC[C@H]1O[C@@H](n2ccc(N)nc2=O)C[C@@H]1OP(=O)(OCCC#N)OCCCC.[C-]#[N+]CCOP(OCCCC)OC[C@H]1O[C@@H](n2ccc(N(C(=O)OC(C)(C)C)C(=O)OC(C)(C)C)nc2=O)C[C@@H]1OP(OCCC#N)OCCCC. The first-order valence-corrected chi connectivity index (χ1v) is 55.9. The molecule has 0 saturated carbocycles. The average Bonchev–Trinajstić information content (AvgIpc) is 1.62. The number of carbonyl (C=O) groups is 4. The summed E-state index contributed by atoms with van der Waals surface area (Å²) in [5, 5.41) is 26.9. The highest BCUT2D eigenvalue weighted by atomic mass is 31.2. The molecule has 6 heterocycles. The van der Waals surface area contributed by atoms with Crippen LogP contribution >= 0.6 is 48.5 Å². The molecular formula is C89H143N15O36P6. The van der Waals surface area contributed by atoms with Gasteiger partial charge in [-0.2, -0.15) is 40.5 Å². The van der Waals surface area contributed by atoms with E-state index in [-0.39, 0.29) is 142 Å². The third-order valence-corrected chi connectivity index (χ3v) is 27.0. The molecule has 15 atom stereocenters. The molecule has 146 heavy (non-hydrogen) atoms. The van der Waals surface area contributed by atoms with E-state index < -0.39 is 187 Å². The quantitative estimate of drug-likeness (QED) is 0.0237. The average molecular weight is 2190 g/mol. The van der Waals surface area contributed by atoms with E-state index >= 15 is 0 Å². The van der Waals surface area contributed by atoms with Gasteiger partial charge in [-0.25, -0.2) is 71.5 Å². The minimum absolute atomic E-state index is 0.00447. The fraction of sp³-hybridized carbons (Fsp3) is 0.753. The molecule has 57 heteroatoms. The van der Waals surface area contributed by atoms with Crippen LogP contribution in [0.3, 0.4) is 0 Å². The van der Waals surface area contributed by atoms with Crippen LogP contribution in [0.4, 0.5) is 36.6 Å². The van der Waals surface area contributed by atoms with Crippen LogP contribution in [0.5, 0.6) is 0 Å². The highest BCUT2D eigenvalue weighted by Crippen LogP contribution is 2.58. The number of carbonyl (C=O) groups excluding carboxylic acids is 4. The second-order valence-corrected chi connectivity index (χ2v) is 44.7. The van der Waals surface area contributed by atoms with Crippen molar-refractivity contribution in [2.45, 2.75) is 318 Å². The molecule has 3 fully saturated rings. The number of unbranched alkanes of at least 4 members (excludes halogenated alkanes) is 6. The maximum Gasteiger partial charge on any atom is 0.475 e.